The molecule has 0 spiro atoms. The lowest BCUT2D eigenvalue weighted by molar-refractivity contribution is 0.0956. The Morgan fingerprint density at radius 2 is 1.66 bits per heavy atom. The van der Waals surface area contributed by atoms with Crippen LogP contribution < -0.4 is 16.5 Å². The number of rotatable bonds is 10. The van der Waals surface area contributed by atoms with Gasteiger partial charge in [0.1, 0.15) is 6.61 Å². The van der Waals surface area contributed by atoms with Crippen LogP contribution in [0.4, 0.5) is 15.3 Å². The Morgan fingerprint density at radius 3 is 2.41 bits per heavy atom. The van der Waals surface area contributed by atoms with E-state index in [0.29, 0.717) is 13.1 Å². The summed E-state index contributed by atoms with van der Waals surface area (Å²) in [6, 6.07) is 16.9. The van der Waals surface area contributed by atoms with Crippen LogP contribution in [0.1, 0.15) is 36.8 Å². The molecule has 0 atom stereocenters. The molecule has 29 heavy (non-hydrogen) atoms. The van der Waals surface area contributed by atoms with Crippen molar-refractivity contribution in [3.63, 3.8) is 0 Å². The number of nitrogens with one attached hydrogen (secondary N) is 2. The highest BCUT2D eigenvalue weighted by Crippen LogP contribution is 2.12. The van der Waals surface area contributed by atoms with Crippen LogP contribution in [0, 0.1) is 6.92 Å². The van der Waals surface area contributed by atoms with Crippen molar-refractivity contribution in [2.24, 2.45) is 5.84 Å². The molecule has 2 aromatic carbocycles. The number of hydrogen-bond acceptors (Lipinski definition) is 4. The highest BCUT2D eigenvalue weighted by atomic mass is 16.6. The summed E-state index contributed by atoms with van der Waals surface area (Å²) in [6.07, 6.45) is 2.98. The Balaban J connectivity index is 1.49. The lowest BCUT2D eigenvalue weighted by atomic mass is 10.2. The average molecular weight is 399 g/mol. The Hall–Kier alpha value is -3.06. The zero-order chi connectivity index (χ0) is 20.9. The second-order valence-electron chi connectivity index (χ2n) is 6.84. The molecular weight excluding hydrogens is 368 g/mol. The third-order valence-corrected chi connectivity index (χ3v) is 4.44. The number of hydrogen-bond donors (Lipinski definition) is 3. The van der Waals surface area contributed by atoms with E-state index >= 15 is 0 Å². The van der Waals surface area contributed by atoms with E-state index in [4.69, 9.17) is 10.6 Å². The van der Waals surface area contributed by atoms with E-state index in [0.717, 1.165) is 47.5 Å². The van der Waals surface area contributed by atoms with Gasteiger partial charge >= 0.3 is 12.1 Å². The number of unbranched alkanes of at least 4 members (excludes halogenated alkanes) is 3. The first kappa shape index (κ1) is 22.2. The number of benzene rings is 2. The number of para-hydroxylation sites is 1. The molecule has 2 aromatic rings. The molecule has 0 aliphatic heterocycles. The zero-order valence-electron chi connectivity index (χ0n) is 16.9. The number of nitrogens with two attached hydrogens (primary N) is 1. The second-order valence-corrected chi connectivity index (χ2v) is 6.84. The summed E-state index contributed by atoms with van der Waals surface area (Å²) in [4.78, 5) is 23.7. The van der Waals surface area contributed by atoms with E-state index in [1.807, 2.05) is 61.5 Å². The van der Waals surface area contributed by atoms with Crippen molar-refractivity contribution in [3.8, 4) is 0 Å². The molecule has 0 aliphatic carbocycles. The van der Waals surface area contributed by atoms with Crippen LogP contribution in [0.3, 0.4) is 0 Å². The largest absolute Gasteiger partial charge is 0.444 e. The van der Waals surface area contributed by atoms with Crippen molar-refractivity contribution in [2.75, 3.05) is 18.4 Å². The van der Waals surface area contributed by atoms with E-state index < -0.39 is 6.09 Å². The van der Waals surface area contributed by atoms with Crippen molar-refractivity contribution < 1.29 is 14.3 Å². The Bertz CT molecular complexity index is 768. The molecule has 156 valence electrons. The summed E-state index contributed by atoms with van der Waals surface area (Å²) in [5.74, 6) is 5.74. The van der Waals surface area contributed by atoms with Crippen molar-refractivity contribution in [3.05, 3.63) is 65.7 Å². The minimum Gasteiger partial charge on any atom is -0.444 e. The van der Waals surface area contributed by atoms with Gasteiger partial charge in [-0.25, -0.2) is 20.4 Å². The van der Waals surface area contributed by atoms with Crippen LogP contribution in [0.15, 0.2) is 54.6 Å². The maximum Gasteiger partial charge on any atom is 0.424 e. The van der Waals surface area contributed by atoms with E-state index in [1.54, 1.807) is 0 Å². The van der Waals surface area contributed by atoms with Crippen molar-refractivity contribution in [2.45, 2.75) is 39.2 Å². The summed E-state index contributed by atoms with van der Waals surface area (Å²) in [7, 11) is 0. The molecule has 0 radical (unpaired) electrons. The fourth-order valence-corrected chi connectivity index (χ4v) is 2.74. The van der Waals surface area contributed by atoms with Crippen molar-refractivity contribution in [1.82, 2.24) is 10.3 Å². The maximum atomic E-state index is 11.9. The molecule has 3 amide bonds. The summed E-state index contributed by atoms with van der Waals surface area (Å²) >= 11 is 0. The molecule has 0 unspecified atom stereocenters. The van der Waals surface area contributed by atoms with Crippen LogP contribution in [0.5, 0.6) is 0 Å². The quantitative estimate of drug-likeness (QED) is 0.242. The number of aryl methyl sites for hydroxylation is 1. The van der Waals surface area contributed by atoms with Gasteiger partial charge in [-0.2, -0.15) is 0 Å². The Labute approximate surface area is 172 Å². The first-order chi connectivity index (χ1) is 14.1. The van der Waals surface area contributed by atoms with E-state index in [9.17, 15) is 9.59 Å². The second kappa shape index (κ2) is 12.4. The number of carbonyl (C=O) groups is 2. The van der Waals surface area contributed by atoms with Gasteiger partial charge < -0.3 is 15.4 Å². The van der Waals surface area contributed by atoms with Crippen LogP contribution in [0.25, 0.3) is 0 Å². The molecule has 7 heteroatoms. The highest BCUT2D eigenvalue weighted by Gasteiger charge is 2.10. The van der Waals surface area contributed by atoms with E-state index in [-0.39, 0.29) is 12.6 Å². The fourth-order valence-electron chi connectivity index (χ4n) is 2.74. The molecular formula is C22H30N4O3. The summed E-state index contributed by atoms with van der Waals surface area (Å²) in [5, 5.41) is 6.80. The van der Waals surface area contributed by atoms with Gasteiger partial charge in [-0.3, -0.25) is 0 Å². The summed E-state index contributed by atoms with van der Waals surface area (Å²) < 4.78 is 5.18. The van der Waals surface area contributed by atoms with Gasteiger partial charge in [0, 0.05) is 18.8 Å². The Morgan fingerprint density at radius 1 is 0.966 bits per heavy atom. The molecule has 4 N–H and O–H groups in total. The molecule has 0 saturated heterocycles. The van der Waals surface area contributed by atoms with E-state index in [1.165, 1.54) is 0 Å². The third-order valence-electron chi connectivity index (χ3n) is 4.44. The molecule has 7 nitrogen and oxygen atoms in total. The summed E-state index contributed by atoms with van der Waals surface area (Å²) in [6.45, 7) is 3.20. The average Bonchev–Trinajstić information content (AvgIpc) is 2.73. The molecule has 0 bridgehead atoms. The first-order valence-corrected chi connectivity index (χ1v) is 9.89. The smallest absolute Gasteiger partial charge is 0.424 e. The molecule has 2 rings (SSSR count). The SMILES string of the molecule is Cc1ccccc1NC(=O)NCCCCCCN(N)C(=O)OCc1ccccc1. The van der Waals surface area contributed by atoms with Gasteiger partial charge in [0.15, 0.2) is 0 Å². The van der Waals surface area contributed by atoms with Gasteiger partial charge in [0.2, 0.25) is 0 Å². The predicted molar refractivity (Wildman–Crippen MR) is 114 cm³/mol. The Kier molecular flexibility index (Phi) is 9.51. The molecule has 0 aliphatic rings. The van der Waals surface area contributed by atoms with Gasteiger partial charge in [-0.1, -0.05) is 61.4 Å². The normalized spacial score (nSPS) is 10.3. The zero-order valence-corrected chi connectivity index (χ0v) is 16.9. The minimum absolute atomic E-state index is 0.200. The predicted octanol–water partition coefficient (Wildman–Crippen LogP) is 4.19. The van der Waals surface area contributed by atoms with Crippen LogP contribution in [-0.4, -0.2) is 30.2 Å². The van der Waals surface area contributed by atoms with Crippen LogP contribution in [0.2, 0.25) is 0 Å². The number of hydrazine groups is 1. The number of anilines is 1. The number of urea groups is 1. The third kappa shape index (κ3) is 8.66. The molecule has 0 saturated carbocycles. The molecule has 0 fully saturated rings. The van der Waals surface area contributed by atoms with Gasteiger partial charge in [0.05, 0.1) is 0 Å². The van der Waals surface area contributed by atoms with Crippen molar-refractivity contribution in [1.29, 1.82) is 0 Å². The van der Waals surface area contributed by atoms with Gasteiger partial charge in [0.25, 0.3) is 0 Å². The highest BCUT2D eigenvalue weighted by molar-refractivity contribution is 5.89. The molecule has 0 heterocycles. The first-order valence-electron chi connectivity index (χ1n) is 9.89. The van der Waals surface area contributed by atoms with Crippen LogP contribution in [-0.2, 0) is 11.3 Å². The summed E-state index contributed by atoms with van der Waals surface area (Å²) in [5.41, 5.74) is 2.76. The van der Waals surface area contributed by atoms with Gasteiger partial charge in [-0.05, 0) is 37.0 Å². The number of carbonyl (C=O) groups excluding carboxylic acids is 2. The standard InChI is InChI=1S/C22H30N4O3/c1-18-11-7-8-14-20(18)25-21(27)24-15-9-2-3-10-16-26(23)22(28)29-17-19-12-5-4-6-13-19/h4-8,11-14H,2-3,9-10,15-17,23H2,1H3,(H2,24,25,27). The van der Waals surface area contributed by atoms with Crippen molar-refractivity contribution >= 4 is 17.8 Å². The van der Waals surface area contributed by atoms with Gasteiger partial charge in [-0.15, -0.1) is 0 Å². The fraction of sp³-hybridized carbons (Fsp3) is 0.364. The number of amides is 3. The lowest BCUT2D eigenvalue weighted by Gasteiger charge is -2.16. The molecule has 0 aromatic heterocycles. The van der Waals surface area contributed by atoms with E-state index in [2.05, 4.69) is 10.6 Å². The maximum absolute atomic E-state index is 11.9. The topological polar surface area (TPSA) is 96.7 Å². The van der Waals surface area contributed by atoms with Crippen LogP contribution >= 0.6 is 0 Å². The minimum atomic E-state index is -0.525. The lowest BCUT2D eigenvalue weighted by Crippen LogP contribution is -2.38. The monoisotopic (exact) mass is 398 g/mol. The number of ether oxygens (including phenoxy) is 1. The number of nitrogens with zero attached hydrogens (tertiary/aromatic N) is 1.